The normalized spacial score (nSPS) is 12.2. The molecule has 0 saturated carbocycles. The van der Waals surface area contributed by atoms with Crippen LogP contribution in [0.5, 0.6) is 0 Å². The van der Waals surface area contributed by atoms with Crippen LogP contribution in [-0.4, -0.2) is 26.2 Å². The quantitative estimate of drug-likeness (QED) is 0.431. The van der Waals surface area contributed by atoms with Gasteiger partial charge in [-0.25, -0.2) is 0 Å². The Balaban J connectivity index is 2.54. The molecule has 0 aromatic heterocycles. The average Bonchev–Trinajstić information content (AvgIpc) is 2.66. The minimum absolute atomic E-state index is 0.558. The Bertz CT molecular complexity index is 801. The van der Waals surface area contributed by atoms with Crippen LogP contribution >= 0.6 is 31.9 Å². The molecule has 2 aromatic carbocycles. The predicted molar refractivity (Wildman–Crippen MR) is 108 cm³/mol. The first-order valence-corrected chi connectivity index (χ1v) is 9.41. The van der Waals surface area contributed by atoms with E-state index in [4.69, 9.17) is 9.47 Å². The first kappa shape index (κ1) is 20.4. The molecular weight excluding hydrogens is 464 g/mol. The Morgan fingerprint density at radius 1 is 0.885 bits per heavy atom. The molecule has 1 unspecified atom stereocenters. The summed E-state index contributed by atoms with van der Waals surface area (Å²) in [4.78, 5) is 24.7. The Labute approximate surface area is 169 Å². The smallest absolute Gasteiger partial charge is 0.321 e. The van der Waals surface area contributed by atoms with Crippen molar-refractivity contribution in [3.63, 3.8) is 0 Å². The van der Waals surface area contributed by atoms with Gasteiger partial charge in [0.2, 0.25) is 0 Å². The van der Waals surface area contributed by atoms with Crippen LogP contribution in [0.2, 0.25) is 0 Å². The van der Waals surface area contributed by atoms with Crippen LogP contribution in [-0.2, 0) is 19.1 Å². The second-order valence-electron chi connectivity index (χ2n) is 5.45. The number of ether oxygens (including phenoxy) is 2. The number of methoxy groups -OCH3 is 2. The van der Waals surface area contributed by atoms with Gasteiger partial charge in [-0.2, -0.15) is 0 Å². The first-order chi connectivity index (χ1) is 12.5. The van der Waals surface area contributed by atoms with E-state index < -0.39 is 23.8 Å². The van der Waals surface area contributed by atoms with Gasteiger partial charge in [-0.3, -0.25) is 9.59 Å². The summed E-state index contributed by atoms with van der Waals surface area (Å²) in [5.41, 5.74) is 1.72. The highest BCUT2D eigenvalue weighted by Gasteiger charge is 2.37. The van der Waals surface area contributed by atoms with E-state index >= 15 is 0 Å². The molecule has 2 rings (SSSR count). The van der Waals surface area contributed by atoms with Crippen molar-refractivity contribution < 1.29 is 19.1 Å². The molecule has 0 N–H and O–H groups in total. The van der Waals surface area contributed by atoms with Crippen LogP contribution in [0.25, 0.3) is 6.08 Å². The monoisotopic (exact) mass is 480 g/mol. The molecule has 0 radical (unpaired) electrons. The van der Waals surface area contributed by atoms with Crippen molar-refractivity contribution in [2.24, 2.45) is 5.92 Å². The summed E-state index contributed by atoms with van der Waals surface area (Å²) in [7, 11) is 2.51. The molecule has 0 saturated heterocycles. The van der Waals surface area contributed by atoms with E-state index in [0.717, 1.165) is 20.1 Å². The predicted octanol–water partition coefficient (Wildman–Crippen LogP) is 4.97. The van der Waals surface area contributed by atoms with E-state index in [2.05, 4.69) is 31.9 Å². The summed E-state index contributed by atoms with van der Waals surface area (Å²) >= 11 is 7.00. The van der Waals surface area contributed by atoms with Crippen molar-refractivity contribution >= 4 is 49.9 Å². The largest absolute Gasteiger partial charge is 0.468 e. The van der Waals surface area contributed by atoms with Crippen molar-refractivity contribution in [2.75, 3.05) is 14.2 Å². The Hall–Kier alpha value is -1.92. The maximum Gasteiger partial charge on any atom is 0.321 e. The maximum atomic E-state index is 12.3. The van der Waals surface area contributed by atoms with Crippen LogP contribution in [0.15, 0.2) is 63.6 Å². The highest BCUT2D eigenvalue weighted by Crippen LogP contribution is 2.34. The third-order valence-corrected chi connectivity index (χ3v) is 5.37. The molecule has 6 heteroatoms. The van der Waals surface area contributed by atoms with Crippen LogP contribution in [0.3, 0.4) is 0 Å². The van der Waals surface area contributed by atoms with Gasteiger partial charge in [0, 0.05) is 14.9 Å². The number of hydrogen-bond acceptors (Lipinski definition) is 4. The molecule has 2 aromatic rings. The summed E-state index contributed by atoms with van der Waals surface area (Å²) in [5.74, 6) is -2.95. The molecule has 0 fully saturated rings. The van der Waals surface area contributed by atoms with Crippen molar-refractivity contribution in [1.29, 1.82) is 0 Å². The first-order valence-electron chi connectivity index (χ1n) is 7.82. The second-order valence-corrected chi connectivity index (χ2v) is 7.16. The lowest BCUT2D eigenvalue weighted by Gasteiger charge is -2.22. The van der Waals surface area contributed by atoms with Gasteiger partial charge in [-0.1, -0.05) is 80.4 Å². The molecule has 0 bridgehead atoms. The van der Waals surface area contributed by atoms with Gasteiger partial charge in [-0.05, 0) is 23.3 Å². The van der Waals surface area contributed by atoms with Crippen molar-refractivity contribution in [1.82, 2.24) is 0 Å². The molecule has 0 aliphatic carbocycles. The van der Waals surface area contributed by atoms with Gasteiger partial charge in [0.25, 0.3) is 0 Å². The van der Waals surface area contributed by atoms with Crippen molar-refractivity contribution in [2.45, 2.75) is 5.92 Å². The van der Waals surface area contributed by atoms with Crippen LogP contribution in [0.4, 0.5) is 0 Å². The molecule has 0 aliphatic rings. The number of esters is 2. The third kappa shape index (κ3) is 4.83. The number of hydrogen-bond donors (Lipinski definition) is 0. The Morgan fingerprint density at radius 3 is 1.96 bits per heavy atom. The van der Waals surface area contributed by atoms with Crippen molar-refractivity contribution in [3.8, 4) is 0 Å². The fraction of sp³-hybridized carbons (Fsp3) is 0.200. The molecular formula is C20H18Br2O4. The van der Waals surface area contributed by atoms with Gasteiger partial charge in [0.15, 0.2) is 5.92 Å². The average molecular weight is 482 g/mol. The van der Waals surface area contributed by atoms with E-state index in [9.17, 15) is 9.59 Å². The van der Waals surface area contributed by atoms with E-state index in [-0.39, 0.29) is 0 Å². The number of rotatable bonds is 6. The fourth-order valence-corrected chi connectivity index (χ4v) is 3.57. The van der Waals surface area contributed by atoms with E-state index in [1.54, 1.807) is 0 Å². The Morgan fingerprint density at radius 2 is 1.42 bits per heavy atom. The number of halogens is 2. The summed E-state index contributed by atoms with van der Waals surface area (Å²) in [6.45, 7) is 0. The fourth-order valence-electron chi connectivity index (χ4n) is 2.60. The molecule has 136 valence electrons. The lowest BCUT2D eigenvalue weighted by atomic mass is 9.85. The number of carbonyl (C=O) groups excluding carboxylic acids is 2. The highest BCUT2D eigenvalue weighted by molar-refractivity contribution is 9.10. The van der Waals surface area contributed by atoms with E-state index in [1.165, 1.54) is 14.2 Å². The minimum Gasteiger partial charge on any atom is -0.468 e. The topological polar surface area (TPSA) is 52.6 Å². The molecule has 0 aliphatic heterocycles. The molecule has 0 spiro atoms. The summed E-state index contributed by atoms with van der Waals surface area (Å²) < 4.78 is 11.4. The van der Waals surface area contributed by atoms with Crippen molar-refractivity contribution in [3.05, 3.63) is 74.7 Å². The molecule has 0 amide bonds. The third-order valence-electron chi connectivity index (χ3n) is 3.92. The van der Waals surface area contributed by atoms with Gasteiger partial charge < -0.3 is 9.47 Å². The molecule has 26 heavy (non-hydrogen) atoms. The van der Waals surface area contributed by atoms with E-state index in [0.29, 0.717) is 0 Å². The lowest BCUT2D eigenvalue weighted by Crippen LogP contribution is -2.31. The highest BCUT2D eigenvalue weighted by atomic mass is 79.9. The van der Waals surface area contributed by atoms with Crippen LogP contribution in [0, 0.1) is 5.92 Å². The summed E-state index contributed by atoms with van der Waals surface area (Å²) in [6, 6.07) is 15.1. The van der Waals surface area contributed by atoms with Gasteiger partial charge in [0.05, 0.1) is 14.2 Å². The number of allylic oxidation sites excluding steroid dienone is 1. The Kier molecular flexibility index (Phi) is 7.60. The SMILES string of the molecule is COC(=O)C(C(=O)OC)C(/C=C/c1ccccc1Br)c1ccccc1Br. The second kappa shape index (κ2) is 9.69. The lowest BCUT2D eigenvalue weighted by molar-refractivity contribution is -0.159. The molecule has 4 nitrogen and oxygen atoms in total. The van der Waals surface area contributed by atoms with E-state index in [1.807, 2.05) is 60.7 Å². The zero-order chi connectivity index (χ0) is 19.1. The standard InChI is InChI=1S/C20H18Br2O4/c1-25-19(23)18(20(24)26-2)15(14-8-4-6-10-17(14)22)12-11-13-7-3-5-9-16(13)21/h3-12,15,18H,1-2H3/b12-11+. The number of carbonyl (C=O) groups is 2. The minimum atomic E-state index is -1.11. The van der Waals surface area contributed by atoms with Gasteiger partial charge >= 0.3 is 11.9 Å². The zero-order valence-electron chi connectivity index (χ0n) is 14.3. The summed E-state index contributed by atoms with van der Waals surface area (Å²) in [5, 5.41) is 0. The molecule has 0 heterocycles. The molecule has 1 atom stereocenters. The maximum absolute atomic E-state index is 12.3. The zero-order valence-corrected chi connectivity index (χ0v) is 17.5. The van der Waals surface area contributed by atoms with Crippen LogP contribution < -0.4 is 0 Å². The summed E-state index contributed by atoms with van der Waals surface area (Å²) in [6.07, 6.45) is 3.69. The van der Waals surface area contributed by atoms with Gasteiger partial charge in [0.1, 0.15) is 0 Å². The number of benzene rings is 2. The van der Waals surface area contributed by atoms with Gasteiger partial charge in [-0.15, -0.1) is 0 Å². The van der Waals surface area contributed by atoms with Crippen LogP contribution in [0.1, 0.15) is 17.0 Å².